The molecule has 0 saturated carbocycles. The fraction of sp³-hybridized carbons (Fsp3) is 0.588. The predicted octanol–water partition coefficient (Wildman–Crippen LogP) is 2.75. The molecule has 0 spiro atoms. The van der Waals surface area contributed by atoms with Crippen molar-refractivity contribution in [3.05, 3.63) is 35.6 Å². The second-order valence-electron chi connectivity index (χ2n) is 5.67. The van der Waals surface area contributed by atoms with E-state index in [0.29, 0.717) is 6.42 Å². The van der Waals surface area contributed by atoms with Crippen molar-refractivity contribution in [2.45, 2.75) is 38.5 Å². The summed E-state index contributed by atoms with van der Waals surface area (Å²) in [6.45, 7) is 3.39. The lowest BCUT2D eigenvalue weighted by Gasteiger charge is -2.20. The zero-order valence-corrected chi connectivity index (χ0v) is 12.6. The number of halogens is 1. The normalized spacial score (nSPS) is 15.8. The van der Waals surface area contributed by atoms with Gasteiger partial charge < -0.3 is 10.2 Å². The van der Waals surface area contributed by atoms with Gasteiger partial charge in [0.2, 0.25) is 5.91 Å². The summed E-state index contributed by atoms with van der Waals surface area (Å²) in [6.07, 6.45) is 6.22. The molecule has 1 aliphatic rings. The first kappa shape index (κ1) is 16.0. The Balaban J connectivity index is 1.58. The van der Waals surface area contributed by atoms with Crippen molar-refractivity contribution in [3.8, 4) is 0 Å². The molecule has 21 heavy (non-hydrogen) atoms. The second-order valence-corrected chi connectivity index (χ2v) is 5.67. The third-order valence-electron chi connectivity index (χ3n) is 3.98. The summed E-state index contributed by atoms with van der Waals surface area (Å²) >= 11 is 0. The molecule has 0 unspecified atom stereocenters. The van der Waals surface area contributed by atoms with E-state index in [0.717, 1.165) is 51.0 Å². The minimum Gasteiger partial charge on any atom is -0.343 e. The van der Waals surface area contributed by atoms with Crippen LogP contribution in [0.25, 0.3) is 0 Å². The van der Waals surface area contributed by atoms with Gasteiger partial charge in [-0.2, -0.15) is 0 Å². The third-order valence-corrected chi connectivity index (χ3v) is 3.98. The van der Waals surface area contributed by atoms with E-state index in [1.807, 2.05) is 4.90 Å². The summed E-state index contributed by atoms with van der Waals surface area (Å²) in [6, 6.07) is 6.58. The van der Waals surface area contributed by atoms with Crippen LogP contribution in [0.4, 0.5) is 4.39 Å². The van der Waals surface area contributed by atoms with E-state index in [9.17, 15) is 9.18 Å². The van der Waals surface area contributed by atoms with E-state index >= 15 is 0 Å². The molecule has 1 N–H and O–H groups in total. The molecule has 3 nitrogen and oxygen atoms in total. The summed E-state index contributed by atoms with van der Waals surface area (Å²) in [4.78, 5) is 14.1. The number of carbonyl (C=O) groups is 1. The van der Waals surface area contributed by atoms with Crippen LogP contribution in [0, 0.1) is 5.82 Å². The minimum absolute atomic E-state index is 0.199. The van der Waals surface area contributed by atoms with Crippen molar-refractivity contribution in [2.24, 2.45) is 0 Å². The molecule has 1 saturated heterocycles. The van der Waals surface area contributed by atoms with Gasteiger partial charge in [-0.3, -0.25) is 4.79 Å². The quantitative estimate of drug-likeness (QED) is 0.818. The Bertz CT molecular complexity index is 425. The van der Waals surface area contributed by atoms with Gasteiger partial charge in [-0.25, -0.2) is 4.39 Å². The zero-order chi connectivity index (χ0) is 14.9. The second kappa shape index (κ2) is 8.78. The SMILES string of the molecule is O=C(CCNCCc1ccc(F)cc1)N1CCCCCC1. The summed E-state index contributed by atoms with van der Waals surface area (Å²) in [5.74, 6) is 0.0703. The third kappa shape index (κ3) is 5.84. The fourth-order valence-corrected chi connectivity index (χ4v) is 2.68. The molecule has 4 heteroatoms. The first-order chi connectivity index (χ1) is 10.3. The molecule has 116 valence electrons. The summed E-state index contributed by atoms with van der Waals surface area (Å²) < 4.78 is 12.8. The Morgan fingerprint density at radius 1 is 1.05 bits per heavy atom. The summed E-state index contributed by atoms with van der Waals surface area (Å²) in [5.41, 5.74) is 1.11. The van der Waals surface area contributed by atoms with Gasteiger partial charge in [0.25, 0.3) is 0 Å². The van der Waals surface area contributed by atoms with Crippen LogP contribution in [0.3, 0.4) is 0 Å². The molecule has 1 aliphatic heterocycles. The van der Waals surface area contributed by atoms with Gasteiger partial charge in [0.15, 0.2) is 0 Å². The summed E-state index contributed by atoms with van der Waals surface area (Å²) in [7, 11) is 0. The number of nitrogens with zero attached hydrogens (tertiary/aromatic N) is 1. The lowest BCUT2D eigenvalue weighted by atomic mass is 10.1. The molecule has 0 radical (unpaired) electrons. The van der Waals surface area contributed by atoms with Crippen LogP contribution in [0.15, 0.2) is 24.3 Å². The Morgan fingerprint density at radius 2 is 1.71 bits per heavy atom. The van der Waals surface area contributed by atoms with Crippen LogP contribution in [-0.2, 0) is 11.2 Å². The lowest BCUT2D eigenvalue weighted by molar-refractivity contribution is -0.131. The van der Waals surface area contributed by atoms with Gasteiger partial charge in [-0.05, 0) is 43.5 Å². The number of nitrogens with one attached hydrogen (secondary N) is 1. The molecule has 0 aromatic heterocycles. The van der Waals surface area contributed by atoms with E-state index in [2.05, 4.69) is 5.32 Å². The van der Waals surface area contributed by atoms with Crippen LogP contribution in [0.5, 0.6) is 0 Å². The van der Waals surface area contributed by atoms with Gasteiger partial charge in [0.1, 0.15) is 5.82 Å². The van der Waals surface area contributed by atoms with Gasteiger partial charge >= 0.3 is 0 Å². The number of hydrogen-bond donors (Lipinski definition) is 1. The lowest BCUT2D eigenvalue weighted by Crippen LogP contribution is -2.34. The summed E-state index contributed by atoms with van der Waals surface area (Å²) in [5, 5.41) is 3.29. The highest BCUT2D eigenvalue weighted by molar-refractivity contribution is 5.76. The average Bonchev–Trinajstić information content (AvgIpc) is 2.78. The largest absolute Gasteiger partial charge is 0.343 e. The van der Waals surface area contributed by atoms with E-state index in [1.165, 1.54) is 25.0 Å². The van der Waals surface area contributed by atoms with Crippen molar-refractivity contribution in [1.82, 2.24) is 10.2 Å². The molecular formula is C17H25FN2O. The topological polar surface area (TPSA) is 32.3 Å². The van der Waals surface area contributed by atoms with Crippen LogP contribution >= 0.6 is 0 Å². The number of hydrogen-bond acceptors (Lipinski definition) is 2. The zero-order valence-electron chi connectivity index (χ0n) is 12.6. The molecular weight excluding hydrogens is 267 g/mol. The van der Waals surface area contributed by atoms with Crippen molar-refractivity contribution in [2.75, 3.05) is 26.2 Å². The van der Waals surface area contributed by atoms with E-state index < -0.39 is 0 Å². The standard InChI is InChI=1S/C17H25FN2O/c18-16-7-5-15(6-8-16)9-11-19-12-10-17(21)20-13-3-1-2-4-14-20/h5-8,19H,1-4,9-14H2. The molecule has 2 rings (SSSR count). The predicted molar refractivity (Wildman–Crippen MR) is 82.6 cm³/mol. The van der Waals surface area contributed by atoms with Gasteiger partial charge in [0, 0.05) is 26.1 Å². The Labute approximate surface area is 126 Å². The minimum atomic E-state index is -0.199. The molecule has 1 fully saturated rings. The molecule has 1 amide bonds. The monoisotopic (exact) mass is 292 g/mol. The highest BCUT2D eigenvalue weighted by Gasteiger charge is 2.14. The first-order valence-corrected chi connectivity index (χ1v) is 7.98. The van der Waals surface area contributed by atoms with Crippen LogP contribution in [0.1, 0.15) is 37.7 Å². The van der Waals surface area contributed by atoms with E-state index in [4.69, 9.17) is 0 Å². The highest BCUT2D eigenvalue weighted by Crippen LogP contribution is 2.10. The maximum atomic E-state index is 12.8. The number of likely N-dealkylation sites (tertiary alicyclic amines) is 1. The van der Waals surface area contributed by atoms with Crippen LogP contribution in [0.2, 0.25) is 0 Å². The highest BCUT2D eigenvalue weighted by atomic mass is 19.1. The number of rotatable bonds is 6. The van der Waals surface area contributed by atoms with Crippen molar-refractivity contribution in [1.29, 1.82) is 0 Å². The van der Waals surface area contributed by atoms with Gasteiger partial charge in [0.05, 0.1) is 0 Å². The fourth-order valence-electron chi connectivity index (χ4n) is 2.68. The van der Waals surface area contributed by atoms with E-state index in [1.54, 1.807) is 12.1 Å². The van der Waals surface area contributed by atoms with Gasteiger partial charge in [-0.15, -0.1) is 0 Å². The Morgan fingerprint density at radius 3 is 2.38 bits per heavy atom. The molecule has 1 aromatic rings. The number of amides is 1. The molecule has 1 aromatic carbocycles. The van der Waals surface area contributed by atoms with Crippen molar-refractivity contribution >= 4 is 5.91 Å². The smallest absolute Gasteiger partial charge is 0.223 e. The Hall–Kier alpha value is -1.42. The molecule has 0 bridgehead atoms. The molecule has 1 heterocycles. The van der Waals surface area contributed by atoms with Crippen molar-refractivity contribution < 1.29 is 9.18 Å². The average molecular weight is 292 g/mol. The van der Waals surface area contributed by atoms with E-state index in [-0.39, 0.29) is 11.7 Å². The van der Waals surface area contributed by atoms with Gasteiger partial charge in [-0.1, -0.05) is 25.0 Å². The first-order valence-electron chi connectivity index (χ1n) is 7.98. The van der Waals surface area contributed by atoms with Crippen molar-refractivity contribution in [3.63, 3.8) is 0 Å². The van der Waals surface area contributed by atoms with Crippen LogP contribution in [-0.4, -0.2) is 37.0 Å². The maximum Gasteiger partial charge on any atom is 0.223 e. The molecule has 0 atom stereocenters. The number of benzene rings is 1. The Kier molecular flexibility index (Phi) is 6.67. The molecule has 0 aliphatic carbocycles. The maximum absolute atomic E-state index is 12.8. The van der Waals surface area contributed by atoms with Crippen LogP contribution < -0.4 is 5.32 Å². The number of carbonyl (C=O) groups excluding carboxylic acids is 1.